The lowest BCUT2D eigenvalue weighted by Crippen LogP contribution is -2.13. The summed E-state index contributed by atoms with van der Waals surface area (Å²) in [4.78, 5) is 16.0. The number of hydrogen-bond donors (Lipinski definition) is 3. The Balaban J connectivity index is 1.95. The lowest BCUT2D eigenvalue weighted by Gasteiger charge is -2.01. The van der Waals surface area contributed by atoms with Crippen LogP contribution >= 0.6 is 0 Å². The third-order valence-electron chi connectivity index (χ3n) is 2.48. The molecule has 0 aliphatic heterocycles. The van der Waals surface area contributed by atoms with Crippen molar-refractivity contribution in [1.82, 2.24) is 24.8 Å². The molecule has 3 aromatic heterocycles. The standard InChI is InChI=1S/C10H9N7O/c11-7-4-13-16-9(7)15-10(18)6-3-14-17-2-1-12-5-8(6)17/h1-5H,11H2,(H2,13,15,16,18). The van der Waals surface area contributed by atoms with Crippen LogP contribution in [-0.2, 0) is 0 Å². The number of aromatic nitrogens is 5. The van der Waals surface area contributed by atoms with Gasteiger partial charge in [-0.1, -0.05) is 0 Å². The Morgan fingerprint density at radius 2 is 2.28 bits per heavy atom. The third kappa shape index (κ3) is 1.56. The number of anilines is 2. The number of nitrogens with one attached hydrogen (secondary N) is 2. The predicted octanol–water partition coefficient (Wildman–Crippen LogP) is 0.287. The first-order valence-electron chi connectivity index (χ1n) is 5.13. The number of aromatic amines is 1. The van der Waals surface area contributed by atoms with Crippen LogP contribution in [0.2, 0.25) is 0 Å². The second-order valence-electron chi connectivity index (χ2n) is 3.62. The van der Waals surface area contributed by atoms with E-state index in [2.05, 4.69) is 25.6 Å². The molecule has 0 aliphatic carbocycles. The number of carbonyl (C=O) groups excluding carboxylic acids is 1. The molecule has 0 unspecified atom stereocenters. The summed E-state index contributed by atoms with van der Waals surface area (Å²) < 4.78 is 1.57. The van der Waals surface area contributed by atoms with Crippen LogP contribution in [-0.4, -0.2) is 30.7 Å². The van der Waals surface area contributed by atoms with Gasteiger partial charge in [0, 0.05) is 12.4 Å². The van der Waals surface area contributed by atoms with Gasteiger partial charge >= 0.3 is 0 Å². The number of H-pyrrole nitrogens is 1. The largest absolute Gasteiger partial charge is 0.394 e. The van der Waals surface area contributed by atoms with Gasteiger partial charge in [-0.05, 0) is 0 Å². The SMILES string of the molecule is Nc1cn[nH]c1NC(=O)c1cnn2ccncc12. The molecule has 0 atom stereocenters. The summed E-state index contributed by atoms with van der Waals surface area (Å²) in [6.07, 6.45) is 7.72. The fraction of sp³-hybridized carbons (Fsp3) is 0. The van der Waals surface area contributed by atoms with Crippen molar-refractivity contribution < 1.29 is 4.79 Å². The number of nitrogens with two attached hydrogens (primary N) is 1. The van der Waals surface area contributed by atoms with Crippen LogP contribution in [0.5, 0.6) is 0 Å². The van der Waals surface area contributed by atoms with Crippen LogP contribution in [0.4, 0.5) is 11.5 Å². The van der Waals surface area contributed by atoms with E-state index >= 15 is 0 Å². The summed E-state index contributed by atoms with van der Waals surface area (Å²) >= 11 is 0. The number of nitrogens with zero attached hydrogens (tertiary/aromatic N) is 4. The van der Waals surface area contributed by atoms with E-state index in [9.17, 15) is 4.79 Å². The molecule has 0 bridgehead atoms. The maximum atomic E-state index is 12.0. The van der Waals surface area contributed by atoms with Crippen LogP contribution in [0.25, 0.3) is 5.52 Å². The molecule has 0 saturated carbocycles. The molecule has 0 aromatic carbocycles. The van der Waals surface area contributed by atoms with Crippen molar-refractivity contribution in [3.63, 3.8) is 0 Å². The molecule has 4 N–H and O–H groups in total. The van der Waals surface area contributed by atoms with Gasteiger partial charge in [0.15, 0.2) is 5.82 Å². The number of rotatable bonds is 2. The fourth-order valence-corrected chi connectivity index (χ4v) is 1.59. The minimum atomic E-state index is -0.325. The Labute approximate surface area is 101 Å². The zero-order chi connectivity index (χ0) is 12.5. The van der Waals surface area contributed by atoms with Crippen molar-refractivity contribution in [2.75, 3.05) is 11.1 Å². The van der Waals surface area contributed by atoms with Gasteiger partial charge in [0.05, 0.1) is 35.4 Å². The average Bonchev–Trinajstić information content (AvgIpc) is 2.96. The van der Waals surface area contributed by atoms with Gasteiger partial charge in [-0.25, -0.2) is 4.52 Å². The number of nitrogen functional groups attached to an aromatic ring is 1. The summed E-state index contributed by atoms with van der Waals surface area (Å²) in [6, 6.07) is 0. The number of amides is 1. The van der Waals surface area contributed by atoms with E-state index in [1.807, 2.05) is 0 Å². The van der Waals surface area contributed by atoms with Crippen molar-refractivity contribution in [2.24, 2.45) is 0 Å². The maximum absolute atomic E-state index is 12.0. The van der Waals surface area contributed by atoms with Crippen molar-refractivity contribution >= 4 is 22.9 Å². The molecule has 1 amide bonds. The predicted molar refractivity (Wildman–Crippen MR) is 63.9 cm³/mol. The highest BCUT2D eigenvalue weighted by molar-refractivity contribution is 6.09. The molecule has 3 rings (SSSR count). The molecule has 90 valence electrons. The number of hydrogen-bond acceptors (Lipinski definition) is 5. The van der Waals surface area contributed by atoms with Crippen LogP contribution in [0, 0.1) is 0 Å². The van der Waals surface area contributed by atoms with Crippen molar-refractivity contribution in [1.29, 1.82) is 0 Å². The smallest absolute Gasteiger partial charge is 0.260 e. The normalized spacial score (nSPS) is 10.7. The first-order chi connectivity index (χ1) is 8.75. The molecule has 0 saturated heterocycles. The van der Waals surface area contributed by atoms with Gasteiger partial charge in [0.1, 0.15) is 0 Å². The van der Waals surface area contributed by atoms with E-state index in [1.165, 1.54) is 12.4 Å². The Bertz CT molecular complexity index is 714. The second kappa shape index (κ2) is 3.84. The highest BCUT2D eigenvalue weighted by Gasteiger charge is 2.14. The van der Waals surface area contributed by atoms with E-state index in [-0.39, 0.29) is 5.91 Å². The summed E-state index contributed by atoms with van der Waals surface area (Å²) in [5.41, 5.74) is 7.02. The average molecular weight is 243 g/mol. The fourth-order valence-electron chi connectivity index (χ4n) is 1.59. The van der Waals surface area contributed by atoms with Gasteiger partial charge < -0.3 is 11.1 Å². The molecule has 3 aromatic rings. The molecule has 18 heavy (non-hydrogen) atoms. The maximum Gasteiger partial charge on any atom is 0.260 e. The summed E-state index contributed by atoms with van der Waals surface area (Å²) in [5.74, 6) is 0.0391. The zero-order valence-electron chi connectivity index (χ0n) is 9.16. The zero-order valence-corrected chi connectivity index (χ0v) is 9.16. The highest BCUT2D eigenvalue weighted by atomic mass is 16.1. The van der Waals surface area contributed by atoms with Crippen LogP contribution in [0.15, 0.2) is 31.0 Å². The topological polar surface area (TPSA) is 114 Å². The Kier molecular flexibility index (Phi) is 2.19. The van der Waals surface area contributed by atoms with Crippen molar-refractivity contribution in [3.05, 3.63) is 36.5 Å². The first kappa shape index (κ1) is 10.3. The Morgan fingerprint density at radius 3 is 3.06 bits per heavy atom. The van der Waals surface area contributed by atoms with Gasteiger partial charge in [0.25, 0.3) is 5.91 Å². The quantitative estimate of drug-likeness (QED) is 0.598. The minimum Gasteiger partial charge on any atom is -0.394 e. The number of fused-ring (bicyclic) bond motifs is 1. The first-order valence-corrected chi connectivity index (χ1v) is 5.13. The highest BCUT2D eigenvalue weighted by Crippen LogP contribution is 2.15. The Morgan fingerprint density at radius 1 is 1.39 bits per heavy atom. The third-order valence-corrected chi connectivity index (χ3v) is 2.48. The summed E-state index contributed by atoms with van der Waals surface area (Å²) in [7, 11) is 0. The van der Waals surface area contributed by atoms with Crippen LogP contribution < -0.4 is 11.1 Å². The van der Waals surface area contributed by atoms with Gasteiger partial charge in [-0.15, -0.1) is 0 Å². The summed E-state index contributed by atoms with van der Waals surface area (Å²) in [6.45, 7) is 0. The summed E-state index contributed by atoms with van der Waals surface area (Å²) in [5, 5.41) is 13.0. The van der Waals surface area contributed by atoms with E-state index in [4.69, 9.17) is 5.73 Å². The van der Waals surface area contributed by atoms with Crippen molar-refractivity contribution in [2.45, 2.75) is 0 Å². The molecule has 0 aliphatic rings. The van der Waals surface area contributed by atoms with Crippen molar-refractivity contribution in [3.8, 4) is 0 Å². The molecule has 0 fully saturated rings. The molecule has 8 heteroatoms. The monoisotopic (exact) mass is 243 g/mol. The lowest BCUT2D eigenvalue weighted by atomic mass is 10.3. The van der Waals surface area contributed by atoms with Gasteiger partial charge in [-0.2, -0.15) is 10.2 Å². The van der Waals surface area contributed by atoms with E-state index in [0.29, 0.717) is 22.6 Å². The molecule has 3 heterocycles. The molecule has 0 spiro atoms. The molecule has 8 nitrogen and oxygen atoms in total. The lowest BCUT2D eigenvalue weighted by molar-refractivity contribution is 0.102. The molecular weight excluding hydrogens is 234 g/mol. The molecule has 0 radical (unpaired) electrons. The van der Waals surface area contributed by atoms with Crippen LogP contribution in [0.3, 0.4) is 0 Å². The van der Waals surface area contributed by atoms with Gasteiger partial charge in [-0.3, -0.25) is 14.9 Å². The minimum absolute atomic E-state index is 0.325. The second-order valence-corrected chi connectivity index (χ2v) is 3.62. The number of carbonyl (C=O) groups is 1. The molecular formula is C10H9N7O. The van der Waals surface area contributed by atoms with E-state index in [1.54, 1.807) is 23.1 Å². The van der Waals surface area contributed by atoms with E-state index in [0.717, 1.165) is 0 Å². The van der Waals surface area contributed by atoms with Gasteiger partial charge in [0.2, 0.25) is 0 Å². The Hall–Kier alpha value is -2.90. The van der Waals surface area contributed by atoms with Crippen LogP contribution in [0.1, 0.15) is 10.4 Å². The van der Waals surface area contributed by atoms with E-state index < -0.39 is 0 Å².